The molecule has 0 radical (unpaired) electrons. The van der Waals surface area contributed by atoms with Crippen molar-refractivity contribution in [3.8, 4) is 11.5 Å². The zero-order valence-corrected chi connectivity index (χ0v) is 17.6. The SMILES string of the molecule is COc1ccc(N(C(C)C(=O)Nc2ccc(OC(F)(F)F)cc2)S(C)(=O)=O)cc1Cl. The van der Waals surface area contributed by atoms with Gasteiger partial charge in [0.2, 0.25) is 15.9 Å². The van der Waals surface area contributed by atoms with E-state index in [9.17, 15) is 26.4 Å². The largest absolute Gasteiger partial charge is 0.573 e. The van der Waals surface area contributed by atoms with E-state index in [2.05, 4.69) is 10.1 Å². The summed E-state index contributed by atoms with van der Waals surface area (Å²) >= 11 is 6.06. The molecule has 1 amide bonds. The number of methoxy groups -OCH3 is 1. The van der Waals surface area contributed by atoms with Gasteiger partial charge in [0, 0.05) is 5.69 Å². The van der Waals surface area contributed by atoms with Gasteiger partial charge in [-0.1, -0.05) is 11.6 Å². The van der Waals surface area contributed by atoms with Crippen molar-refractivity contribution in [1.82, 2.24) is 0 Å². The van der Waals surface area contributed by atoms with Gasteiger partial charge in [0.1, 0.15) is 17.5 Å². The van der Waals surface area contributed by atoms with Gasteiger partial charge in [0.25, 0.3) is 0 Å². The van der Waals surface area contributed by atoms with E-state index in [-0.39, 0.29) is 16.4 Å². The topological polar surface area (TPSA) is 84.9 Å². The summed E-state index contributed by atoms with van der Waals surface area (Å²) < 4.78 is 71.0. The van der Waals surface area contributed by atoms with Crippen LogP contribution in [0.3, 0.4) is 0 Å². The summed E-state index contributed by atoms with van der Waals surface area (Å²) in [6.45, 7) is 1.36. The molecule has 0 saturated heterocycles. The number of amides is 1. The Bertz CT molecular complexity index is 1010. The predicted molar refractivity (Wildman–Crippen MR) is 107 cm³/mol. The van der Waals surface area contributed by atoms with Gasteiger partial charge in [0.05, 0.1) is 24.1 Å². The van der Waals surface area contributed by atoms with Gasteiger partial charge in [-0.25, -0.2) is 8.42 Å². The first-order chi connectivity index (χ1) is 13.8. The number of ether oxygens (including phenoxy) is 2. The Hall–Kier alpha value is -2.66. The first-order valence-corrected chi connectivity index (χ1v) is 10.5. The molecule has 0 bridgehead atoms. The lowest BCUT2D eigenvalue weighted by atomic mass is 10.2. The van der Waals surface area contributed by atoms with Crippen LogP contribution in [0.5, 0.6) is 11.5 Å². The second kappa shape index (κ2) is 9.00. The number of hydrogen-bond acceptors (Lipinski definition) is 5. The quantitative estimate of drug-likeness (QED) is 0.665. The van der Waals surface area contributed by atoms with E-state index in [0.717, 1.165) is 22.7 Å². The van der Waals surface area contributed by atoms with Gasteiger partial charge in [0.15, 0.2) is 0 Å². The van der Waals surface area contributed by atoms with E-state index in [1.165, 1.54) is 44.4 Å². The third-order valence-electron chi connectivity index (χ3n) is 3.83. The number of carbonyl (C=O) groups excluding carboxylic acids is 1. The Labute approximate surface area is 176 Å². The molecule has 0 fully saturated rings. The molecule has 2 aromatic rings. The van der Waals surface area contributed by atoms with Crippen LogP contribution in [0.25, 0.3) is 0 Å². The molecule has 1 atom stereocenters. The van der Waals surface area contributed by atoms with Gasteiger partial charge in [-0.05, 0) is 49.4 Å². The molecule has 1 N–H and O–H groups in total. The summed E-state index contributed by atoms with van der Waals surface area (Å²) in [6, 6.07) is 7.46. The van der Waals surface area contributed by atoms with Crippen molar-refractivity contribution in [3.05, 3.63) is 47.5 Å². The number of carbonyl (C=O) groups is 1. The lowest BCUT2D eigenvalue weighted by Crippen LogP contribution is -2.45. The second-order valence-electron chi connectivity index (χ2n) is 6.12. The summed E-state index contributed by atoms with van der Waals surface area (Å²) in [5.41, 5.74) is 0.294. The van der Waals surface area contributed by atoms with Crippen LogP contribution < -0.4 is 19.1 Å². The van der Waals surface area contributed by atoms with Crippen LogP contribution in [0, 0.1) is 0 Å². The Kier molecular flexibility index (Phi) is 7.09. The maximum Gasteiger partial charge on any atom is 0.573 e. The summed E-state index contributed by atoms with van der Waals surface area (Å²) in [7, 11) is -2.49. The van der Waals surface area contributed by atoms with Gasteiger partial charge in [-0.2, -0.15) is 0 Å². The molecule has 1 unspecified atom stereocenters. The Morgan fingerprint density at radius 3 is 2.23 bits per heavy atom. The minimum atomic E-state index is -4.84. The van der Waals surface area contributed by atoms with Gasteiger partial charge >= 0.3 is 6.36 Å². The molecule has 0 aromatic heterocycles. The number of rotatable bonds is 7. The van der Waals surface area contributed by atoms with Crippen LogP contribution >= 0.6 is 11.6 Å². The molecule has 2 rings (SSSR count). The van der Waals surface area contributed by atoms with E-state index in [1.807, 2.05) is 0 Å². The number of anilines is 2. The molecule has 0 heterocycles. The minimum Gasteiger partial charge on any atom is -0.495 e. The molecular formula is C18H18ClF3N2O5S. The average molecular weight is 467 g/mol. The zero-order valence-electron chi connectivity index (χ0n) is 16.0. The number of nitrogens with zero attached hydrogens (tertiary/aromatic N) is 1. The van der Waals surface area contributed by atoms with E-state index >= 15 is 0 Å². The molecule has 0 aliphatic heterocycles. The van der Waals surface area contributed by atoms with Gasteiger partial charge in [-0.3, -0.25) is 9.10 Å². The van der Waals surface area contributed by atoms with E-state index in [1.54, 1.807) is 0 Å². The Morgan fingerprint density at radius 2 is 1.77 bits per heavy atom. The van der Waals surface area contributed by atoms with Gasteiger partial charge < -0.3 is 14.8 Å². The van der Waals surface area contributed by atoms with Crippen molar-refractivity contribution in [2.24, 2.45) is 0 Å². The van der Waals surface area contributed by atoms with Crippen molar-refractivity contribution >= 4 is 38.9 Å². The molecule has 0 aliphatic carbocycles. The molecule has 12 heteroatoms. The standard InChI is InChI=1S/C18H18ClF3N2O5S/c1-11(17(25)23-12-4-7-14(8-5-12)29-18(20,21)22)24(30(3,26)27)13-6-9-16(28-2)15(19)10-13/h4-11H,1-3H3,(H,23,25). The van der Waals surface area contributed by atoms with E-state index in [4.69, 9.17) is 16.3 Å². The van der Waals surface area contributed by atoms with Crippen LogP contribution in [-0.4, -0.2) is 40.1 Å². The summed E-state index contributed by atoms with van der Waals surface area (Å²) in [4.78, 5) is 12.6. The molecular weight excluding hydrogens is 449 g/mol. The molecule has 0 saturated carbocycles. The number of hydrogen-bond donors (Lipinski definition) is 1. The molecule has 164 valence electrons. The molecule has 2 aromatic carbocycles. The molecule has 0 aliphatic rings. The Balaban J connectivity index is 2.23. The van der Waals surface area contributed by atoms with E-state index in [0.29, 0.717) is 5.75 Å². The monoisotopic (exact) mass is 466 g/mol. The molecule has 0 spiro atoms. The number of alkyl halides is 3. The summed E-state index contributed by atoms with van der Waals surface area (Å²) in [5, 5.41) is 2.60. The maximum atomic E-state index is 12.6. The van der Waals surface area contributed by atoms with Crippen LogP contribution in [0.15, 0.2) is 42.5 Å². The lowest BCUT2D eigenvalue weighted by Gasteiger charge is -2.28. The lowest BCUT2D eigenvalue weighted by molar-refractivity contribution is -0.274. The van der Waals surface area contributed by atoms with Crippen LogP contribution in [0.4, 0.5) is 24.5 Å². The number of nitrogens with one attached hydrogen (secondary N) is 1. The number of halogens is 4. The van der Waals surface area contributed by atoms with E-state index < -0.39 is 34.1 Å². The third-order valence-corrected chi connectivity index (χ3v) is 5.37. The van der Waals surface area contributed by atoms with Crippen LogP contribution in [0.1, 0.15) is 6.92 Å². The normalized spacial score (nSPS) is 12.8. The molecule has 30 heavy (non-hydrogen) atoms. The zero-order chi connectivity index (χ0) is 22.7. The highest BCUT2D eigenvalue weighted by Gasteiger charge is 2.31. The number of benzene rings is 2. The van der Waals surface area contributed by atoms with Crippen LogP contribution in [-0.2, 0) is 14.8 Å². The fraction of sp³-hybridized carbons (Fsp3) is 0.278. The summed E-state index contributed by atoms with van der Waals surface area (Å²) in [5.74, 6) is -0.844. The highest BCUT2D eigenvalue weighted by atomic mass is 35.5. The van der Waals surface area contributed by atoms with Crippen molar-refractivity contribution in [2.75, 3.05) is 23.0 Å². The highest BCUT2D eigenvalue weighted by Crippen LogP contribution is 2.31. The van der Waals surface area contributed by atoms with Crippen molar-refractivity contribution in [2.45, 2.75) is 19.3 Å². The predicted octanol–water partition coefficient (Wildman–Crippen LogP) is 4.04. The smallest absolute Gasteiger partial charge is 0.495 e. The summed E-state index contributed by atoms with van der Waals surface area (Å²) in [6.07, 6.45) is -3.91. The van der Waals surface area contributed by atoms with Crippen LogP contribution in [0.2, 0.25) is 5.02 Å². The third kappa shape index (κ3) is 6.17. The fourth-order valence-electron chi connectivity index (χ4n) is 2.59. The average Bonchev–Trinajstić information content (AvgIpc) is 2.61. The minimum absolute atomic E-state index is 0.139. The molecule has 7 nitrogen and oxygen atoms in total. The van der Waals surface area contributed by atoms with Gasteiger partial charge in [-0.15, -0.1) is 13.2 Å². The van der Waals surface area contributed by atoms with Crippen molar-refractivity contribution in [3.63, 3.8) is 0 Å². The first kappa shape index (κ1) is 23.6. The van der Waals surface area contributed by atoms with Crippen molar-refractivity contribution in [1.29, 1.82) is 0 Å². The highest BCUT2D eigenvalue weighted by molar-refractivity contribution is 7.92. The maximum absolute atomic E-state index is 12.6. The second-order valence-corrected chi connectivity index (χ2v) is 8.38. The number of sulfonamides is 1. The fourth-order valence-corrected chi connectivity index (χ4v) is 4.01. The Morgan fingerprint density at radius 1 is 1.17 bits per heavy atom. The van der Waals surface area contributed by atoms with Crippen molar-refractivity contribution < 1.29 is 35.9 Å². The first-order valence-electron chi connectivity index (χ1n) is 8.31.